The van der Waals surface area contributed by atoms with Crippen molar-refractivity contribution in [1.29, 1.82) is 0 Å². The zero-order chi connectivity index (χ0) is 16.8. The van der Waals surface area contributed by atoms with E-state index in [9.17, 15) is 14.7 Å². The fourth-order valence-corrected chi connectivity index (χ4v) is 1.91. The van der Waals surface area contributed by atoms with Crippen molar-refractivity contribution in [3.05, 3.63) is 48.0 Å². The van der Waals surface area contributed by atoms with Crippen molar-refractivity contribution in [1.82, 2.24) is 9.97 Å². The summed E-state index contributed by atoms with van der Waals surface area (Å²) in [6, 6.07) is 4.18. The van der Waals surface area contributed by atoms with Crippen LogP contribution in [0.1, 0.15) is 35.7 Å². The molecule has 2 aromatic rings. The molecule has 7 heteroatoms. The molecular weight excluding hydrogens is 298 g/mol. The Morgan fingerprint density at radius 2 is 2.00 bits per heavy atom. The minimum absolute atomic E-state index is 0.208. The van der Waals surface area contributed by atoms with Crippen LogP contribution in [0.5, 0.6) is 5.75 Å². The lowest BCUT2D eigenvalue weighted by atomic mass is 10.0. The van der Waals surface area contributed by atoms with Gasteiger partial charge in [-0.2, -0.15) is 0 Å². The zero-order valence-electron chi connectivity index (χ0n) is 12.8. The van der Waals surface area contributed by atoms with Gasteiger partial charge in [0.05, 0.1) is 23.8 Å². The van der Waals surface area contributed by atoms with E-state index in [4.69, 9.17) is 4.74 Å². The van der Waals surface area contributed by atoms with Gasteiger partial charge in [-0.05, 0) is 32.0 Å². The molecule has 0 unspecified atom stereocenters. The van der Waals surface area contributed by atoms with Crippen molar-refractivity contribution in [2.24, 2.45) is 0 Å². The summed E-state index contributed by atoms with van der Waals surface area (Å²) < 4.78 is 4.85. The molecule has 1 heterocycles. The van der Waals surface area contributed by atoms with Crippen molar-refractivity contribution in [3.8, 4) is 5.75 Å². The summed E-state index contributed by atoms with van der Waals surface area (Å²) in [6.45, 7) is 3.65. The van der Waals surface area contributed by atoms with Crippen LogP contribution < -0.4 is 5.32 Å². The average molecular weight is 315 g/mol. The van der Waals surface area contributed by atoms with Gasteiger partial charge in [-0.25, -0.2) is 14.8 Å². The summed E-state index contributed by atoms with van der Waals surface area (Å²) in [7, 11) is 0. The number of esters is 1. The lowest BCUT2D eigenvalue weighted by Gasteiger charge is -2.13. The molecule has 0 aliphatic rings. The normalized spacial score (nSPS) is 11.6. The highest BCUT2D eigenvalue weighted by Crippen LogP contribution is 2.26. The van der Waals surface area contributed by atoms with Crippen molar-refractivity contribution in [2.45, 2.75) is 19.8 Å². The number of benzene rings is 1. The Balaban J connectivity index is 2.11. The average Bonchev–Trinajstić information content (AvgIpc) is 2.56. The molecule has 0 saturated heterocycles. The summed E-state index contributed by atoms with van der Waals surface area (Å²) >= 11 is 0. The molecule has 1 amide bonds. The smallest absolute Gasteiger partial charge is 0.338 e. The fraction of sp³-hybridized carbons (Fsp3) is 0.250. The maximum absolute atomic E-state index is 12.2. The van der Waals surface area contributed by atoms with Crippen molar-refractivity contribution in [2.75, 3.05) is 11.9 Å². The van der Waals surface area contributed by atoms with Crippen LogP contribution in [-0.4, -0.2) is 33.6 Å². The van der Waals surface area contributed by atoms with E-state index in [-0.39, 0.29) is 29.5 Å². The number of hydrogen-bond acceptors (Lipinski definition) is 6. The minimum atomic E-state index is -0.532. The molecule has 23 heavy (non-hydrogen) atoms. The van der Waals surface area contributed by atoms with Gasteiger partial charge >= 0.3 is 5.97 Å². The van der Waals surface area contributed by atoms with Gasteiger partial charge in [0.1, 0.15) is 12.1 Å². The van der Waals surface area contributed by atoms with E-state index in [0.717, 1.165) is 0 Å². The van der Waals surface area contributed by atoms with E-state index in [1.54, 1.807) is 26.2 Å². The van der Waals surface area contributed by atoms with Crippen LogP contribution in [-0.2, 0) is 9.53 Å². The summed E-state index contributed by atoms with van der Waals surface area (Å²) in [4.78, 5) is 31.5. The van der Waals surface area contributed by atoms with Crippen LogP contribution in [0.4, 0.5) is 5.69 Å². The second-order valence-corrected chi connectivity index (χ2v) is 4.84. The molecule has 7 nitrogen and oxygen atoms in total. The van der Waals surface area contributed by atoms with Gasteiger partial charge in [0, 0.05) is 18.0 Å². The van der Waals surface area contributed by atoms with Crippen LogP contribution in [0.15, 0.2) is 36.9 Å². The second kappa shape index (κ2) is 7.35. The lowest BCUT2D eigenvalue weighted by molar-refractivity contribution is -0.117. The van der Waals surface area contributed by atoms with Gasteiger partial charge in [0.15, 0.2) is 0 Å². The summed E-state index contributed by atoms with van der Waals surface area (Å²) in [6.07, 6.45) is 4.50. The third-order valence-corrected chi connectivity index (χ3v) is 3.24. The van der Waals surface area contributed by atoms with E-state index in [1.165, 1.54) is 24.5 Å². The summed E-state index contributed by atoms with van der Waals surface area (Å²) in [5.41, 5.74) is 1.09. The molecule has 1 atom stereocenters. The van der Waals surface area contributed by atoms with E-state index in [2.05, 4.69) is 15.3 Å². The molecule has 2 rings (SSSR count). The number of anilines is 1. The van der Waals surface area contributed by atoms with E-state index in [0.29, 0.717) is 5.56 Å². The third kappa shape index (κ3) is 4.03. The van der Waals surface area contributed by atoms with Gasteiger partial charge < -0.3 is 15.2 Å². The zero-order valence-corrected chi connectivity index (χ0v) is 12.8. The van der Waals surface area contributed by atoms with Crippen LogP contribution in [0.2, 0.25) is 0 Å². The molecule has 0 bridgehead atoms. The first-order valence-electron chi connectivity index (χ1n) is 7.08. The monoisotopic (exact) mass is 315 g/mol. The molecule has 0 aliphatic heterocycles. The quantitative estimate of drug-likeness (QED) is 0.647. The Bertz CT molecular complexity index is 704. The highest BCUT2D eigenvalue weighted by Gasteiger charge is 2.18. The standard InChI is InChI=1S/C16H17N3O4/c1-3-23-16(22)11-4-5-13(14(20)6-11)19-15(21)10(2)12-7-17-9-18-8-12/h4-10,20H,3H2,1-2H3,(H,19,21)/t10-/m1/s1. The molecule has 2 N–H and O–H groups in total. The van der Waals surface area contributed by atoms with E-state index >= 15 is 0 Å². The van der Waals surface area contributed by atoms with E-state index < -0.39 is 11.9 Å². The van der Waals surface area contributed by atoms with Crippen LogP contribution in [0.3, 0.4) is 0 Å². The predicted molar refractivity (Wildman–Crippen MR) is 83.1 cm³/mol. The van der Waals surface area contributed by atoms with E-state index in [1.807, 2.05) is 0 Å². The van der Waals surface area contributed by atoms with Crippen LogP contribution in [0, 0.1) is 0 Å². The first-order chi connectivity index (χ1) is 11.0. The van der Waals surface area contributed by atoms with Crippen molar-refractivity contribution < 1.29 is 19.4 Å². The summed E-state index contributed by atoms with van der Waals surface area (Å²) in [5, 5.41) is 12.6. The highest BCUT2D eigenvalue weighted by molar-refractivity contribution is 5.98. The number of carbonyl (C=O) groups excluding carboxylic acids is 2. The number of phenols is 1. The Morgan fingerprint density at radius 1 is 1.30 bits per heavy atom. The third-order valence-electron chi connectivity index (χ3n) is 3.24. The Labute approximate surface area is 133 Å². The molecule has 0 radical (unpaired) electrons. The van der Waals surface area contributed by atoms with Gasteiger partial charge in [-0.1, -0.05) is 0 Å². The predicted octanol–water partition coefficient (Wildman–Crippen LogP) is 2.10. The van der Waals surface area contributed by atoms with Gasteiger partial charge in [-0.3, -0.25) is 4.79 Å². The molecule has 0 spiro atoms. The van der Waals surface area contributed by atoms with Gasteiger partial charge in [0.2, 0.25) is 5.91 Å². The van der Waals surface area contributed by atoms with Gasteiger partial charge in [0.25, 0.3) is 0 Å². The topological polar surface area (TPSA) is 101 Å². The minimum Gasteiger partial charge on any atom is -0.506 e. The molecule has 120 valence electrons. The number of carbonyl (C=O) groups is 2. The first-order valence-corrected chi connectivity index (χ1v) is 7.08. The van der Waals surface area contributed by atoms with Crippen molar-refractivity contribution in [3.63, 3.8) is 0 Å². The molecule has 1 aromatic heterocycles. The number of nitrogens with one attached hydrogen (secondary N) is 1. The number of ether oxygens (including phenoxy) is 1. The Kier molecular flexibility index (Phi) is 5.24. The molecular formula is C16H17N3O4. The van der Waals surface area contributed by atoms with Crippen LogP contribution in [0.25, 0.3) is 0 Å². The van der Waals surface area contributed by atoms with Gasteiger partial charge in [-0.15, -0.1) is 0 Å². The first kappa shape index (κ1) is 16.4. The number of aromatic hydroxyl groups is 1. The number of phenolic OH excluding ortho intramolecular Hbond substituents is 1. The second-order valence-electron chi connectivity index (χ2n) is 4.84. The summed E-state index contributed by atoms with van der Waals surface area (Å²) in [5.74, 6) is -1.55. The SMILES string of the molecule is CCOC(=O)c1ccc(NC(=O)[C@H](C)c2cncnc2)c(O)c1. The largest absolute Gasteiger partial charge is 0.506 e. The maximum atomic E-state index is 12.2. The highest BCUT2D eigenvalue weighted by atomic mass is 16.5. The lowest BCUT2D eigenvalue weighted by Crippen LogP contribution is -2.19. The Hall–Kier alpha value is -2.96. The number of hydrogen-bond donors (Lipinski definition) is 2. The van der Waals surface area contributed by atoms with Crippen LogP contribution >= 0.6 is 0 Å². The van der Waals surface area contributed by atoms with Crippen molar-refractivity contribution >= 4 is 17.6 Å². The maximum Gasteiger partial charge on any atom is 0.338 e. The molecule has 1 aromatic carbocycles. The number of amides is 1. The number of nitrogens with zero attached hydrogens (tertiary/aromatic N) is 2. The number of rotatable bonds is 5. The molecule has 0 aliphatic carbocycles. The molecule has 0 saturated carbocycles. The Morgan fingerprint density at radius 3 is 2.61 bits per heavy atom. The fourth-order valence-electron chi connectivity index (χ4n) is 1.91. The molecule has 0 fully saturated rings. The number of aromatic nitrogens is 2.